The van der Waals surface area contributed by atoms with Gasteiger partial charge in [0.05, 0.1) is 7.11 Å². The number of ether oxygens (including phenoxy) is 2. The molecule has 1 aromatic rings. The molecule has 1 rings (SSSR count). The van der Waals surface area contributed by atoms with Crippen molar-refractivity contribution in [3.8, 4) is 11.5 Å². The fourth-order valence-corrected chi connectivity index (χ4v) is 3.03. The fraction of sp³-hybridized carbons (Fsp3) is 0.625. The largest absolute Gasteiger partial charge is 0.493 e. The number of hydrogen-bond acceptors (Lipinski definition) is 4. The van der Waals surface area contributed by atoms with Crippen molar-refractivity contribution in [1.29, 1.82) is 0 Å². The third-order valence-electron chi connectivity index (χ3n) is 4.76. The molecule has 0 aliphatic rings. The molecule has 0 saturated heterocycles. The lowest BCUT2D eigenvalue weighted by Gasteiger charge is -2.12. The van der Waals surface area contributed by atoms with Crippen LogP contribution in [0.15, 0.2) is 30.4 Å². The zero-order chi connectivity index (χ0) is 21.2. The van der Waals surface area contributed by atoms with E-state index in [0.717, 1.165) is 18.4 Å². The first-order valence-electron chi connectivity index (χ1n) is 11.1. The third-order valence-corrected chi connectivity index (χ3v) is 4.76. The molecule has 0 aliphatic carbocycles. The molecular formula is C24H40N2O3. The maximum Gasteiger partial charge on any atom is 0.220 e. The molecule has 1 amide bonds. The molecule has 0 spiro atoms. The number of unbranched alkanes of at least 4 members (excludes halogenated alkanes) is 7. The Hall–Kier alpha value is -2.01. The van der Waals surface area contributed by atoms with Crippen LogP contribution < -0.4 is 20.5 Å². The average molecular weight is 405 g/mol. The van der Waals surface area contributed by atoms with Gasteiger partial charge in [0.2, 0.25) is 5.91 Å². The lowest BCUT2D eigenvalue weighted by Crippen LogP contribution is -2.22. The summed E-state index contributed by atoms with van der Waals surface area (Å²) in [6, 6.07) is 5.68. The van der Waals surface area contributed by atoms with Crippen LogP contribution in [0.25, 0.3) is 0 Å². The van der Waals surface area contributed by atoms with E-state index in [-0.39, 0.29) is 5.91 Å². The minimum absolute atomic E-state index is 0.103. The average Bonchev–Trinajstić information content (AvgIpc) is 2.74. The molecule has 0 fully saturated rings. The summed E-state index contributed by atoms with van der Waals surface area (Å²) in [6.07, 6.45) is 15.9. The van der Waals surface area contributed by atoms with Crippen LogP contribution in [-0.2, 0) is 11.3 Å². The van der Waals surface area contributed by atoms with Crippen molar-refractivity contribution in [1.82, 2.24) is 5.32 Å². The molecule has 0 radical (unpaired) electrons. The molecule has 3 N–H and O–H groups in total. The normalized spacial score (nSPS) is 11.0. The van der Waals surface area contributed by atoms with Gasteiger partial charge in [0.15, 0.2) is 11.5 Å². The topological polar surface area (TPSA) is 73.6 Å². The first-order valence-corrected chi connectivity index (χ1v) is 11.1. The van der Waals surface area contributed by atoms with Gasteiger partial charge < -0.3 is 20.5 Å². The highest BCUT2D eigenvalue weighted by atomic mass is 16.5. The first-order chi connectivity index (χ1) is 14.2. The van der Waals surface area contributed by atoms with Crippen LogP contribution in [0.2, 0.25) is 0 Å². The number of hydrogen-bond donors (Lipinski definition) is 2. The monoisotopic (exact) mass is 404 g/mol. The van der Waals surface area contributed by atoms with Gasteiger partial charge in [-0.3, -0.25) is 4.79 Å². The first kappa shape index (κ1) is 25.0. The van der Waals surface area contributed by atoms with E-state index in [1.807, 2.05) is 18.2 Å². The standard InChI is InChI=1S/C24H40N2O3/c1-3-4-5-6-7-8-9-10-11-12-13-14-24(27)26-20-21-15-16-22(29-18-17-25)23(19-21)28-2/h6-7,15-16,19H,3-5,8-14,17-18,20,25H2,1-2H3,(H,26,27)/b7-6-. The van der Waals surface area contributed by atoms with Gasteiger partial charge in [-0.1, -0.05) is 57.2 Å². The molecule has 0 heterocycles. The van der Waals surface area contributed by atoms with Gasteiger partial charge >= 0.3 is 0 Å². The number of methoxy groups -OCH3 is 1. The van der Waals surface area contributed by atoms with E-state index >= 15 is 0 Å². The lowest BCUT2D eigenvalue weighted by molar-refractivity contribution is -0.121. The number of allylic oxidation sites excluding steroid dienone is 2. The van der Waals surface area contributed by atoms with Crippen molar-refractivity contribution < 1.29 is 14.3 Å². The van der Waals surface area contributed by atoms with E-state index in [4.69, 9.17) is 15.2 Å². The number of carbonyl (C=O) groups is 1. The number of carbonyl (C=O) groups excluding carboxylic acids is 1. The highest BCUT2D eigenvalue weighted by Gasteiger charge is 2.07. The zero-order valence-electron chi connectivity index (χ0n) is 18.4. The van der Waals surface area contributed by atoms with Crippen molar-refractivity contribution in [3.05, 3.63) is 35.9 Å². The van der Waals surface area contributed by atoms with Gasteiger partial charge in [0.1, 0.15) is 6.61 Å². The van der Waals surface area contributed by atoms with Crippen LogP contribution in [-0.4, -0.2) is 26.2 Å². The molecule has 164 valence electrons. The number of amides is 1. The fourth-order valence-electron chi connectivity index (χ4n) is 3.03. The summed E-state index contributed by atoms with van der Waals surface area (Å²) in [5, 5.41) is 2.98. The van der Waals surface area contributed by atoms with Crippen molar-refractivity contribution in [3.63, 3.8) is 0 Å². The molecular weight excluding hydrogens is 364 g/mol. The minimum atomic E-state index is 0.103. The summed E-state index contributed by atoms with van der Waals surface area (Å²) < 4.78 is 10.9. The van der Waals surface area contributed by atoms with E-state index in [9.17, 15) is 4.79 Å². The summed E-state index contributed by atoms with van der Waals surface area (Å²) in [5.41, 5.74) is 6.45. The Balaban J connectivity index is 2.12. The summed E-state index contributed by atoms with van der Waals surface area (Å²) in [4.78, 5) is 12.0. The zero-order valence-corrected chi connectivity index (χ0v) is 18.4. The second-order valence-electron chi connectivity index (χ2n) is 7.32. The highest BCUT2D eigenvalue weighted by Crippen LogP contribution is 2.27. The van der Waals surface area contributed by atoms with E-state index in [1.165, 1.54) is 44.9 Å². The second kappa shape index (κ2) is 16.9. The number of nitrogens with two attached hydrogens (primary N) is 1. The Kier molecular flexibility index (Phi) is 14.6. The Morgan fingerprint density at radius 3 is 2.48 bits per heavy atom. The predicted molar refractivity (Wildman–Crippen MR) is 120 cm³/mol. The summed E-state index contributed by atoms with van der Waals surface area (Å²) in [6.45, 7) is 3.62. The van der Waals surface area contributed by atoms with Gasteiger partial charge in [0.25, 0.3) is 0 Å². The van der Waals surface area contributed by atoms with Gasteiger partial charge in [-0.05, 0) is 43.4 Å². The van der Waals surface area contributed by atoms with E-state index < -0.39 is 0 Å². The number of benzene rings is 1. The van der Waals surface area contributed by atoms with E-state index in [0.29, 0.717) is 37.6 Å². The van der Waals surface area contributed by atoms with Gasteiger partial charge in [-0.25, -0.2) is 0 Å². The quantitative estimate of drug-likeness (QED) is 0.279. The van der Waals surface area contributed by atoms with Crippen LogP contribution in [0.5, 0.6) is 11.5 Å². The van der Waals surface area contributed by atoms with Crippen LogP contribution in [0.3, 0.4) is 0 Å². The summed E-state index contributed by atoms with van der Waals surface area (Å²) in [7, 11) is 1.61. The molecule has 5 heteroatoms. The van der Waals surface area contributed by atoms with Gasteiger partial charge in [-0.15, -0.1) is 0 Å². The number of nitrogens with one attached hydrogen (secondary N) is 1. The predicted octanol–water partition coefficient (Wildman–Crippen LogP) is 5.13. The molecule has 1 aromatic carbocycles. The van der Waals surface area contributed by atoms with Crippen molar-refractivity contribution in [2.75, 3.05) is 20.3 Å². The Morgan fingerprint density at radius 2 is 1.76 bits per heavy atom. The van der Waals surface area contributed by atoms with Crippen molar-refractivity contribution >= 4 is 5.91 Å². The van der Waals surface area contributed by atoms with Crippen LogP contribution in [0.4, 0.5) is 0 Å². The van der Waals surface area contributed by atoms with Crippen LogP contribution >= 0.6 is 0 Å². The molecule has 0 aliphatic heterocycles. The molecule has 0 aromatic heterocycles. The summed E-state index contributed by atoms with van der Waals surface area (Å²) in [5.74, 6) is 1.43. The smallest absolute Gasteiger partial charge is 0.220 e. The van der Waals surface area contributed by atoms with Crippen LogP contribution in [0, 0.1) is 0 Å². The van der Waals surface area contributed by atoms with E-state index in [1.54, 1.807) is 7.11 Å². The third kappa shape index (κ3) is 12.2. The highest BCUT2D eigenvalue weighted by molar-refractivity contribution is 5.75. The Morgan fingerprint density at radius 1 is 1.03 bits per heavy atom. The molecule has 0 bridgehead atoms. The molecule has 29 heavy (non-hydrogen) atoms. The van der Waals surface area contributed by atoms with Crippen molar-refractivity contribution in [2.24, 2.45) is 5.73 Å². The maximum absolute atomic E-state index is 12.0. The molecule has 0 unspecified atom stereocenters. The Labute approximate surface area is 177 Å². The molecule has 0 atom stereocenters. The lowest BCUT2D eigenvalue weighted by atomic mass is 10.1. The SMILES string of the molecule is CCCC/C=C\CCCCCCCC(=O)NCc1ccc(OCCN)c(OC)c1. The van der Waals surface area contributed by atoms with Crippen molar-refractivity contribution in [2.45, 2.75) is 77.7 Å². The van der Waals surface area contributed by atoms with Crippen LogP contribution in [0.1, 0.15) is 76.7 Å². The molecule has 0 saturated carbocycles. The second-order valence-corrected chi connectivity index (χ2v) is 7.32. The maximum atomic E-state index is 12.0. The van der Waals surface area contributed by atoms with E-state index in [2.05, 4.69) is 24.4 Å². The number of rotatable bonds is 17. The summed E-state index contributed by atoms with van der Waals surface area (Å²) >= 11 is 0. The minimum Gasteiger partial charge on any atom is -0.493 e. The van der Waals surface area contributed by atoms with Gasteiger partial charge in [-0.2, -0.15) is 0 Å². The van der Waals surface area contributed by atoms with Gasteiger partial charge in [0, 0.05) is 19.5 Å². The molecule has 5 nitrogen and oxygen atoms in total. The Bertz CT molecular complexity index is 587.